The lowest BCUT2D eigenvalue weighted by atomic mass is 10.3. The highest BCUT2D eigenvalue weighted by Crippen LogP contribution is 2.18. The quantitative estimate of drug-likeness (QED) is 0.691. The molecule has 0 aliphatic carbocycles. The lowest BCUT2D eigenvalue weighted by Crippen LogP contribution is -2.42. The molecular formula is C18H16ClN3O3S. The highest BCUT2D eigenvalue weighted by Gasteiger charge is 2.22. The zero-order valence-corrected chi connectivity index (χ0v) is 15.4. The molecule has 1 aromatic carbocycles. The molecule has 8 heteroatoms. The van der Waals surface area contributed by atoms with E-state index in [1.165, 1.54) is 15.9 Å². The van der Waals surface area contributed by atoms with Crippen molar-refractivity contribution in [3.63, 3.8) is 0 Å². The summed E-state index contributed by atoms with van der Waals surface area (Å²) in [5, 5.41) is 2.18. The summed E-state index contributed by atoms with van der Waals surface area (Å²) in [6.07, 6.45) is 1.97. The normalized spacial score (nSPS) is 14.3. The fourth-order valence-corrected chi connectivity index (χ4v) is 4.29. The summed E-state index contributed by atoms with van der Waals surface area (Å²) < 4.78 is 2.91. The van der Waals surface area contributed by atoms with E-state index in [2.05, 4.69) is 0 Å². The van der Waals surface area contributed by atoms with E-state index in [9.17, 15) is 14.4 Å². The topological polar surface area (TPSA) is 64.3 Å². The minimum Gasteiger partial charge on any atom is -0.341 e. The second-order valence-corrected chi connectivity index (χ2v) is 7.56. The summed E-state index contributed by atoms with van der Waals surface area (Å²) in [6, 6.07) is 8.29. The van der Waals surface area contributed by atoms with Gasteiger partial charge in [0, 0.05) is 18.1 Å². The van der Waals surface area contributed by atoms with E-state index in [0.717, 1.165) is 17.4 Å². The van der Waals surface area contributed by atoms with Gasteiger partial charge in [-0.25, -0.2) is 9.36 Å². The zero-order chi connectivity index (χ0) is 18.3. The Morgan fingerprint density at radius 3 is 2.65 bits per heavy atom. The van der Waals surface area contributed by atoms with Crippen molar-refractivity contribution in [1.82, 2.24) is 14.0 Å². The molecule has 4 rings (SSSR count). The third-order valence-corrected chi connectivity index (χ3v) is 5.70. The van der Waals surface area contributed by atoms with Gasteiger partial charge in [0.25, 0.3) is 5.56 Å². The average Bonchev–Trinajstić information content (AvgIpc) is 3.30. The molecule has 0 radical (unpaired) electrons. The van der Waals surface area contributed by atoms with Gasteiger partial charge in [0.2, 0.25) is 5.91 Å². The van der Waals surface area contributed by atoms with Crippen molar-refractivity contribution < 1.29 is 4.79 Å². The average molecular weight is 390 g/mol. The van der Waals surface area contributed by atoms with Crippen LogP contribution in [-0.2, 0) is 11.3 Å². The van der Waals surface area contributed by atoms with Crippen LogP contribution in [0.5, 0.6) is 0 Å². The maximum absolute atomic E-state index is 13.1. The number of benzene rings is 1. The first-order valence-electron chi connectivity index (χ1n) is 8.33. The SMILES string of the molecule is O=C(Cn1c(=O)n(-c2cccc(Cl)c2)c(=O)c2sccc21)N1CCCC1. The molecule has 134 valence electrons. The molecule has 3 aromatic rings. The van der Waals surface area contributed by atoms with Crippen LogP contribution in [0.3, 0.4) is 0 Å². The Morgan fingerprint density at radius 1 is 1.15 bits per heavy atom. The van der Waals surface area contributed by atoms with Crippen molar-refractivity contribution in [1.29, 1.82) is 0 Å². The maximum Gasteiger partial charge on any atom is 0.336 e. The molecular weight excluding hydrogens is 374 g/mol. The van der Waals surface area contributed by atoms with Crippen molar-refractivity contribution in [3.05, 3.63) is 61.6 Å². The van der Waals surface area contributed by atoms with Crippen molar-refractivity contribution in [2.75, 3.05) is 13.1 Å². The van der Waals surface area contributed by atoms with E-state index in [4.69, 9.17) is 11.6 Å². The van der Waals surface area contributed by atoms with Gasteiger partial charge in [-0.1, -0.05) is 17.7 Å². The van der Waals surface area contributed by atoms with E-state index in [0.29, 0.717) is 34.0 Å². The van der Waals surface area contributed by atoms with Crippen molar-refractivity contribution >= 4 is 39.1 Å². The van der Waals surface area contributed by atoms with Gasteiger partial charge in [0.1, 0.15) is 11.2 Å². The minimum atomic E-state index is -0.532. The molecule has 1 aliphatic heterocycles. The molecule has 1 amide bonds. The number of halogens is 1. The second kappa shape index (κ2) is 6.74. The highest BCUT2D eigenvalue weighted by atomic mass is 35.5. The van der Waals surface area contributed by atoms with Crippen LogP contribution in [0.15, 0.2) is 45.3 Å². The minimum absolute atomic E-state index is 0.0765. The molecule has 1 aliphatic rings. The van der Waals surface area contributed by atoms with Crippen LogP contribution in [0.2, 0.25) is 5.02 Å². The number of carbonyl (C=O) groups excluding carboxylic acids is 1. The van der Waals surface area contributed by atoms with E-state index in [-0.39, 0.29) is 12.5 Å². The lowest BCUT2D eigenvalue weighted by Gasteiger charge is -2.17. The third kappa shape index (κ3) is 2.87. The van der Waals surface area contributed by atoms with Gasteiger partial charge in [-0.3, -0.25) is 14.2 Å². The first-order chi connectivity index (χ1) is 12.6. The van der Waals surface area contributed by atoms with Gasteiger partial charge in [-0.15, -0.1) is 11.3 Å². The van der Waals surface area contributed by atoms with Gasteiger partial charge in [0.15, 0.2) is 0 Å². The molecule has 0 saturated carbocycles. The van der Waals surface area contributed by atoms with Crippen molar-refractivity contribution in [3.8, 4) is 5.69 Å². The standard InChI is InChI=1S/C18H16ClN3O3S/c19-12-4-3-5-13(10-12)22-17(24)16-14(6-9-26-16)21(18(22)25)11-15(23)20-7-1-2-8-20/h3-6,9-10H,1-2,7-8,11H2. The molecule has 0 atom stereocenters. The second-order valence-electron chi connectivity index (χ2n) is 6.21. The van der Waals surface area contributed by atoms with Gasteiger partial charge in [-0.05, 0) is 42.5 Å². The van der Waals surface area contributed by atoms with Gasteiger partial charge in [0.05, 0.1) is 11.2 Å². The van der Waals surface area contributed by atoms with Crippen molar-refractivity contribution in [2.24, 2.45) is 0 Å². The van der Waals surface area contributed by atoms with Crippen LogP contribution in [0.1, 0.15) is 12.8 Å². The number of aromatic nitrogens is 2. The Kier molecular flexibility index (Phi) is 4.42. The molecule has 0 spiro atoms. The van der Waals surface area contributed by atoms with Gasteiger partial charge in [-0.2, -0.15) is 0 Å². The molecule has 0 N–H and O–H groups in total. The lowest BCUT2D eigenvalue weighted by molar-refractivity contribution is -0.130. The van der Waals surface area contributed by atoms with Crippen LogP contribution in [0, 0.1) is 0 Å². The largest absolute Gasteiger partial charge is 0.341 e. The molecule has 0 unspecified atom stereocenters. The zero-order valence-electron chi connectivity index (χ0n) is 13.9. The predicted octanol–water partition coefficient (Wildman–Crippen LogP) is 2.49. The summed E-state index contributed by atoms with van der Waals surface area (Å²) >= 11 is 7.28. The fraction of sp³-hybridized carbons (Fsp3) is 0.278. The summed E-state index contributed by atoms with van der Waals surface area (Å²) in [6.45, 7) is 1.36. The third-order valence-electron chi connectivity index (χ3n) is 4.57. The summed E-state index contributed by atoms with van der Waals surface area (Å²) in [7, 11) is 0. The number of carbonyl (C=O) groups is 1. The van der Waals surface area contributed by atoms with Crippen LogP contribution >= 0.6 is 22.9 Å². The number of hydrogen-bond acceptors (Lipinski definition) is 4. The number of amides is 1. The van der Waals surface area contributed by atoms with Crippen molar-refractivity contribution in [2.45, 2.75) is 19.4 Å². The Balaban J connectivity index is 1.90. The first kappa shape index (κ1) is 17.1. The van der Waals surface area contributed by atoms with Crippen LogP contribution < -0.4 is 11.2 Å². The smallest absolute Gasteiger partial charge is 0.336 e. The molecule has 3 heterocycles. The predicted molar refractivity (Wildman–Crippen MR) is 103 cm³/mol. The Morgan fingerprint density at radius 2 is 1.92 bits per heavy atom. The fourth-order valence-electron chi connectivity index (χ4n) is 3.28. The number of hydrogen-bond donors (Lipinski definition) is 0. The van der Waals surface area contributed by atoms with E-state index in [1.807, 2.05) is 0 Å². The Hall–Kier alpha value is -2.38. The van der Waals surface area contributed by atoms with Crippen LogP contribution in [0.25, 0.3) is 15.9 Å². The Labute approximate surface area is 157 Å². The van der Waals surface area contributed by atoms with Gasteiger partial charge < -0.3 is 4.90 Å². The number of nitrogens with zero attached hydrogens (tertiary/aromatic N) is 3. The molecule has 6 nitrogen and oxygen atoms in total. The summed E-state index contributed by atoms with van der Waals surface area (Å²) in [5.41, 5.74) is -0.0381. The van der Waals surface area contributed by atoms with E-state index in [1.54, 1.807) is 40.6 Å². The maximum atomic E-state index is 13.1. The molecule has 26 heavy (non-hydrogen) atoms. The van der Waals surface area contributed by atoms with Crippen LogP contribution in [0.4, 0.5) is 0 Å². The van der Waals surface area contributed by atoms with Crippen LogP contribution in [-0.4, -0.2) is 33.0 Å². The van der Waals surface area contributed by atoms with E-state index >= 15 is 0 Å². The molecule has 2 aromatic heterocycles. The first-order valence-corrected chi connectivity index (χ1v) is 9.59. The number of rotatable bonds is 3. The summed E-state index contributed by atoms with van der Waals surface area (Å²) in [4.78, 5) is 40.3. The highest BCUT2D eigenvalue weighted by molar-refractivity contribution is 7.17. The van der Waals surface area contributed by atoms with Gasteiger partial charge >= 0.3 is 5.69 Å². The number of thiophene rings is 1. The monoisotopic (exact) mass is 389 g/mol. The number of fused-ring (bicyclic) bond motifs is 1. The molecule has 1 fully saturated rings. The van der Waals surface area contributed by atoms with E-state index < -0.39 is 11.2 Å². The Bertz CT molecular complexity index is 1110. The number of likely N-dealkylation sites (tertiary alicyclic amines) is 1. The molecule has 1 saturated heterocycles. The summed E-state index contributed by atoms with van der Waals surface area (Å²) in [5.74, 6) is -0.103. The molecule has 0 bridgehead atoms.